The second kappa shape index (κ2) is 7.96. The van der Waals surface area contributed by atoms with Crippen LogP contribution in [0.5, 0.6) is 0 Å². The highest BCUT2D eigenvalue weighted by Gasteiger charge is 2.21. The quantitative estimate of drug-likeness (QED) is 0.837. The summed E-state index contributed by atoms with van der Waals surface area (Å²) in [6.45, 7) is 6.25. The van der Waals surface area contributed by atoms with Crippen LogP contribution < -0.4 is 0 Å². The zero-order valence-electron chi connectivity index (χ0n) is 12.9. The second-order valence-electron chi connectivity index (χ2n) is 5.87. The van der Waals surface area contributed by atoms with Gasteiger partial charge in [-0.05, 0) is 17.0 Å². The molecule has 0 spiro atoms. The van der Waals surface area contributed by atoms with Crippen LogP contribution in [0.15, 0.2) is 60.7 Å². The summed E-state index contributed by atoms with van der Waals surface area (Å²) in [6.07, 6.45) is 0. The Morgan fingerprint density at radius 3 is 1.57 bits per heavy atom. The van der Waals surface area contributed by atoms with Crippen molar-refractivity contribution in [3.63, 3.8) is 0 Å². The highest BCUT2D eigenvalue weighted by molar-refractivity contribution is 5.17. The molecule has 0 aliphatic carbocycles. The summed E-state index contributed by atoms with van der Waals surface area (Å²) in [5.74, 6) is 0.419. The Hall–Kier alpha value is -1.64. The Kier molecular flexibility index (Phi) is 5.97. The summed E-state index contributed by atoms with van der Waals surface area (Å²) < 4.78 is 0. The Labute approximate surface area is 128 Å². The van der Waals surface area contributed by atoms with E-state index in [1.165, 1.54) is 11.1 Å². The maximum Gasteiger partial charge on any atom is 0.0589 e. The summed E-state index contributed by atoms with van der Waals surface area (Å²) in [5, 5.41) is 9.78. The number of hydrogen-bond donors (Lipinski definition) is 1. The molecule has 0 aliphatic heterocycles. The molecule has 1 N–H and O–H groups in total. The molecule has 2 aromatic carbocycles. The van der Waals surface area contributed by atoms with Gasteiger partial charge in [0.25, 0.3) is 0 Å². The van der Waals surface area contributed by atoms with E-state index in [4.69, 9.17) is 0 Å². The average Bonchev–Trinajstić information content (AvgIpc) is 2.49. The van der Waals surface area contributed by atoms with Crippen LogP contribution in [0.2, 0.25) is 0 Å². The number of aliphatic hydroxyl groups is 1. The van der Waals surface area contributed by atoms with Gasteiger partial charge in [-0.25, -0.2) is 0 Å². The summed E-state index contributed by atoms with van der Waals surface area (Å²) in [4.78, 5) is 2.37. The van der Waals surface area contributed by atoms with Gasteiger partial charge < -0.3 is 5.11 Å². The monoisotopic (exact) mass is 283 g/mol. The third-order valence-electron chi connectivity index (χ3n) is 3.88. The fourth-order valence-electron chi connectivity index (χ4n) is 2.67. The Balaban J connectivity index is 2.17. The van der Waals surface area contributed by atoms with Crippen LogP contribution in [0.3, 0.4) is 0 Å². The van der Waals surface area contributed by atoms with Crippen LogP contribution in [0.25, 0.3) is 0 Å². The molecule has 2 aromatic rings. The second-order valence-corrected chi connectivity index (χ2v) is 5.87. The number of rotatable bonds is 7. The Morgan fingerprint density at radius 1 is 0.810 bits per heavy atom. The lowest BCUT2D eigenvalue weighted by Gasteiger charge is -2.33. The maximum atomic E-state index is 9.78. The predicted molar refractivity (Wildman–Crippen MR) is 87.8 cm³/mol. The van der Waals surface area contributed by atoms with Gasteiger partial charge >= 0.3 is 0 Å². The Bertz CT molecular complexity index is 468. The lowest BCUT2D eigenvalue weighted by atomic mass is 10.0. The molecule has 1 atom stereocenters. The first-order chi connectivity index (χ1) is 10.2. The normalized spacial score (nSPS) is 12.8. The molecule has 0 fully saturated rings. The molecule has 2 rings (SSSR count). The highest BCUT2D eigenvalue weighted by atomic mass is 16.3. The Morgan fingerprint density at radius 2 is 1.24 bits per heavy atom. The van der Waals surface area contributed by atoms with Gasteiger partial charge in [0.05, 0.1) is 6.61 Å². The molecule has 0 aliphatic rings. The van der Waals surface area contributed by atoms with Crippen LogP contribution in [0.1, 0.15) is 25.0 Å². The van der Waals surface area contributed by atoms with E-state index in [1.54, 1.807) is 0 Å². The lowest BCUT2D eigenvalue weighted by Crippen LogP contribution is -2.40. The molecule has 2 nitrogen and oxygen atoms in total. The minimum atomic E-state index is 0.172. The first kappa shape index (κ1) is 15.7. The highest BCUT2D eigenvalue weighted by Crippen LogP contribution is 2.18. The topological polar surface area (TPSA) is 23.5 Å². The van der Waals surface area contributed by atoms with Crippen LogP contribution in [-0.4, -0.2) is 22.7 Å². The van der Waals surface area contributed by atoms with Crippen LogP contribution in [0, 0.1) is 5.92 Å². The first-order valence-corrected chi connectivity index (χ1v) is 7.63. The summed E-state index contributed by atoms with van der Waals surface area (Å²) in [5.41, 5.74) is 2.57. The van der Waals surface area contributed by atoms with E-state index in [2.05, 4.69) is 67.3 Å². The van der Waals surface area contributed by atoms with Crippen molar-refractivity contribution >= 4 is 0 Å². The number of benzene rings is 2. The standard InChI is InChI=1S/C19H25NO/c1-16(2)19(15-21)20(13-17-9-5-3-6-10-17)14-18-11-7-4-8-12-18/h3-12,16,19,21H,13-15H2,1-2H3/t19-/m1/s1. The van der Waals surface area contributed by atoms with Gasteiger partial charge in [-0.15, -0.1) is 0 Å². The van der Waals surface area contributed by atoms with Crippen molar-refractivity contribution in [1.29, 1.82) is 0 Å². The molecule has 0 saturated carbocycles. The fourth-order valence-corrected chi connectivity index (χ4v) is 2.67. The van der Waals surface area contributed by atoms with E-state index in [1.807, 2.05) is 12.1 Å². The van der Waals surface area contributed by atoms with E-state index >= 15 is 0 Å². The van der Waals surface area contributed by atoms with E-state index in [0.29, 0.717) is 5.92 Å². The van der Waals surface area contributed by atoms with Gasteiger partial charge in [0.1, 0.15) is 0 Å². The summed E-state index contributed by atoms with van der Waals surface area (Å²) >= 11 is 0. The van der Waals surface area contributed by atoms with Gasteiger partial charge in [0.15, 0.2) is 0 Å². The summed E-state index contributed by atoms with van der Waals surface area (Å²) in [6, 6.07) is 21.1. The molecule has 2 heteroatoms. The molecule has 0 saturated heterocycles. The van der Waals surface area contributed by atoms with E-state index < -0.39 is 0 Å². The smallest absolute Gasteiger partial charge is 0.0589 e. The van der Waals surface area contributed by atoms with Crippen LogP contribution >= 0.6 is 0 Å². The van der Waals surface area contributed by atoms with Crippen molar-refractivity contribution in [3.05, 3.63) is 71.8 Å². The van der Waals surface area contributed by atoms with Crippen LogP contribution in [0.4, 0.5) is 0 Å². The number of aliphatic hydroxyl groups excluding tert-OH is 1. The zero-order valence-corrected chi connectivity index (χ0v) is 12.9. The van der Waals surface area contributed by atoms with Crippen molar-refractivity contribution < 1.29 is 5.11 Å². The maximum absolute atomic E-state index is 9.78. The largest absolute Gasteiger partial charge is 0.395 e. The third kappa shape index (κ3) is 4.69. The molecule has 0 unspecified atom stereocenters. The number of nitrogens with zero attached hydrogens (tertiary/aromatic N) is 1. The van der Waals surface area contributed by atoms with E-state index in [-0.39, 0.29) is 12.6 Å². The van der Waals surface area contributed by atoms with Crippen molar-refractivity contribution in [2.75, 3.05) is 6.61 Å². The molecule has 0 amide bonds. The molecular weight excluding hydrogens is 258 g/mol. The molecule has 0 bridgehead atoms. The van der Waals surface area contributed by atoms with Crippen LogP contribution in [-0.2, 0) is 13.1 Å². The molecule has 21 heavy (non-hydrogen) atoms. The SMILES string of the molecule is CC(C)[C@@H](CO)N(Cc1ccccc1)Cc1ccccc1. The van der Waals surface area contributed by atoms with Crippen molar-refractivity contribution in [1.82, 2.24) is 4.90 Å². The van der Waals surface area contributed by atoms with Crippen molar-refractivity contribution in [2.45, 2.75) is 33.0 Å². The van der Waals surface area contributed by atoms with Gasteiger partial charge in [-0.1, -0.05) is 74.5 Å². The minimum Gasteiger partial charge on any atom is -0.395 e. The van der Waals surface area contributed by atoms with Gasteiger partial charge in [-0.2, -0.15) is 0 Å². The van der Waals surface area contributed by atoms with E-state index in [0.717, 1.165) is 13.1 Å². The van der Waals surface area contributed by atoms with Gasteiger partial charge in [0.2, 0.25) is 0 Å². The molecular formula is C19H25NO. The summed E-state index contributed by atoms with van der Waals surface area (Å²) in [7, 11) is 0. The average molecular weight is 283 g/mol. The van der Waals surface area contributed by atoms with Gasteiger partial charge in [-0.3, -0.25) is 4.90 Å². The molecule has 0 heterocycles. The lowest BCUT2D eigenvalue weighted by molar-refractivity contribution is 0.0784. The fraction of sp³-hybridized carbons (Fsp3) is 0.368. The molecule has 112 valence electrons. The third-order valence-corrected chi connectivity index (χ3v) is 3.88. The number of hydrogen-bond acceptors (Lipinski definition) is 2. The minimum absolute atomic E-state index is 0.172. The predicted octanol–water partition coefficient (Wildman–Crippen LogP) is 3.71. The molecule has 0 aromatic heterocycles. The van der Waals surface area contributed by atoms with Crippen molar-refractivity contribution in [2.24, 2.45) is 5.92 Å². The van der Waals surface area contributed by atoms with Crippen molar-refractivity contribution in [3.8, 4) is 0 Å². The van der Waals surface area contributed by atoms with Gasteiger partial charge in [0, 0.05) is 19.1 Å². The first-order valence-electron chi connectivity index (χ1n) is 7.63. The molecule has 0 radical (unpaired) electrons. The zero-order chi connectivity index (χ0) is 15.1. The van der Waals surface area contributed by atoms with E-state index in [9.17, 15) is 5.11 Å².